The van der Waals surface area contributed by atoms with Gasteiger partial charge in [-0.1, -0.05) is 48.5 Å². The molecule has 0 spiro atoms. The summed E-state index contributed by atoms with van der Waals surface area (Å²) >= 11 is 1.35. The van der Waals surface area contributed by atoms with Crippen LogP contribution in [0.25, 0.3) is 21.3 Å². The van der Waals surface area contributed by atoms with Gasteiger partial charge in [-0.05, 0) is 24.1 Å². The van der Waals surface area contributed by atoms with E-state index in [9.17, 15) is 14.0 Å². The summed E-state index contributed by atoms with van der Waals surface area (Å²) in [5.74, 6) is -0.740. The molecule has 0 bridgehead atoms. The highest BCUT2D eigenvalue weighted by atomic mass is 32.1. The van der Waals surface area contributed by atoms with Crippen molar-refractivity contribution in [3.8, 4) is 11.1 Å². The Morgan fingerprint density at radius 2 is 1.86 bits per heavy atom. The third-order valence-electron chi connectivity index (χ3n) is 4.90. The van der Waals surface area contributed by atoms with Gasteiger partial charge in [-0.15, -0.1) is 11.3 Å². The van der Waals surface area contributed by atoms with Gasteiger partial charge in [0, 0.05) is 17.4 Å². The van der Waals surface area contributed by atoms with Crippen LogP contribution in [0.2, 0.25) is 0 Å². The molecule has 2 N–H and O–H groups in total. The summed E-state index contributed by atoms with van der Waals surface area (Å²) in [6.07, 6.45) is 0.0774. The molecule has 1 amide bonds. The Kier molecular flexibility index (Phi) is 4.98. The van der Waals surface area contributed by atoms with Crippen molar-refractivity contribution < 1.29 is 9.18 Å². The number of carbonyl (C=O) groups excluding carboxylic acids is 1. The van der Waals surface area contributed by atoms with Gasteiger partial charge in [-0.3, -0.25) is 14.2 Å². The van der Waals surface area contributed by atoms with Gasteiger partial charge in [0.05, 0.1) is 5.39 Å². The molecule has 4 rings (SSSR count). The van der Waals surface area contributed by atoms with E-state index in [-0.39, 0.29) is 12.0 Å². The number of halogens is 1. The second-order valence-corrected chi connectivity index (χ2v) is 7.60. The van der Waals surface area contributed by atoms with Crippen molar-refractivity contribution in [2.75, 3.05) is 0 Å². The molecule has 0 aliphatic heterocycles. The lowest BCUT2D eigenvalue weighted by atomic mass is 10.1. The minimum absolute atomic E-state index is 0.0774. The number of nitrogens with two attached hydrogens (primary N) is 1. The van der Waals surface area contributed by atoms with Crippen LogP contribution in [-0.2, 0) is 11.2 Å². The molecule has 7 heteroatoms. The summed E-state index contributed by atoms with van der Waals surface area (Å²) in [5, 5.41) is 2.31. The van der Waals surface area contributed by atoms with Gasteiger partial charge in [-0.25, -0.2) is 9.37 Å². The van der Waals surface area contributed by atoms with E-state index in [2.05, 4.69) is 4.98 Å². The molecule has 0 aliphatic carbocycles. The fourth-order valence-electron chi connectivity index (χ4n) is 3.34. The zero-order chi connectivity index (χ0) is 20.5. The number of carbonyl (C=O) groups is 1. The molecular weight excluding hydrogens is 389 g/mol. The lowest BCUT2D eigenvalue weighted by Gasteiger charge is -2.17. The largest absolute Gasteiger partial charge is 0.368 e. The molecule has 1 atom stereocenters. The molecule has 0 saturated carbocycles. The van der Waals surface area contributed by atoms with Crippen molar-refractivity contribution in [3.05, 3.63) is 87.5 Å². The Morgan fingerprint density at radius 3 is 2.55 bits per heavy atom. The molecule has 1 unspecified atom stereocenters. The van der Waals surface area contributed by atoms with E-state index < -0.39 is 17.8 Å². The van der Waals surface area contributed by atoms with Gasteiger partial charge in [0.15, 0.2) is 0 Å². The van der Waals surface area contributed by atoms with Gasteiger partial charge in [0.1, 0.15) is 22.5 Å². The monoisotopic (exact) mass is 407 g/mol. The number of rotatable bonds is 5. The standard InChI is InChI=1S/C22H18FN3O2S/c1-13(20(24)27)26-18(11-15-9-5-6-10-17(15)23)25-21-19(22(26)28)16(12-29-21)14-7-3-2-4-8-14/h2-10,12-13H,11H2,1H3,(H2,24,27). The molecule has 5 nitrogen and oxygen atoms in total. The predicted octanol–water partition coefficient (Wildman–Crippen LogP) is 3.90. The fourth-order valence-corrected chi connectivity index (χ4v) is 4.30. The first-order chi connectivity index (χ1) is 14.0. The number of fused-ring (bicyclic) bond motifs is 1. The third-order valence-corrected chi connectivity index (χ3v) is 5.78. The predicted molar refractivity (Wildman–Crippen MR) is 112 cm³/mol. The second kappa shape index (κ2) is 7.60. The number of hydrogen-bond donors (Lipinski definition) is 1. The molecule has 0 fully saturated rings. The second-order valence-electron chi connectivity index (χ2n) is 6.75. The van der Waals surface area contributed by atoms with Gasteiger partial charge in [-0.2, -0.15) is 0 Å². The van der Waals surface area contributed by atoms with E-state index in [4.69, 9.17) is 5.73 Å². The van der Waals surface area contributed by atoms with Crippen molar-refractivity contribution >= 4 is 27.5 Å². The van der Waals surface area contributed by atoms with Crippen molar-refractivity contribution in [2.24, 2.45) is 5.73 Å². The Balaban J connectivity index is 1.97. The summed E-state index contributed by atoms with van der Waals surface area (Å²) in [5.41, 5.74) is 7.18. The first kappa shape index (κ1) is 19.0. The van der Waals surface area contributed by atoms with E-state index in [1.807, 2.05) is 35.7 Å². The number of thiophene rings is 1. The molecule has 2 aromatic carbocycles. The van der Waals surface area contributed by atoms with Crippen molar-refractivity contribution in [3.63, 3.8) is 0 Å². The van der Waals surface area contributed by atoms with Crippen molar-refractivity contribution in [1.29, 1.82) is 0 Å². The van der Waals surface area contributed by atoms with Crippen LogP contribution >= 0.6 is 11.3 Å². The van der Waals surface area contributed by atoms with Crippen LogP contribution in [0.3, 0.4) is 0 Å². The van der Waals surface area contributed by atoms with Crippen LogP contribution in [0.4, 0.5) is 4.39 Å². The molecule has 0 saturated heterocycles. The molecule has 0 radical (unpaired) electrons. The highest BCUT2D eigenvalue weighted by molar-refractivity contribution is 7.17. The van der Waals surface area contributed by atoms with Gasteiger partial charge >= 0.3 is 0 Å². The van der Waals surface area contributed by atoms with Crippen LogP contribution in [0, 0.1) is 5.82 Å². The summed E-state index contributed by atoms with van der Waals surface area (Å²) < 4.78 is 15.5. The number of primary amides is 1. The topological polar surface area (TPSA) is 78.0 Å². The smallest absolute Gasteiger partial charge is 0.263 e. The van der Waals surface area contributed by atoms with Gasteiger partial charge in [0.2, 0.25) is 5.91 Å². The third kappa shape index (κ3) is 3.45. The normalized spacial score (nSPS) is 12.2. The van der Waals surface area contributed by atoms with E-state index >= 15 is 0 Å². The molecule has 29 heavy (non-hydrogen) atoms. The van der Waals surface area contributed by atoms with Gasteiger partial charge in [0.25, 0.3) is 5.56 Å². The Labute approximate surface area is 170 Å². The molecule has 0 aliphatic rings. The van der Waals surface area contributed by atoms with Crippen molar-refractivity contribution in [2.45, 2.75) is 19.4 Å². The summed E-state index contributed by atoms with van der Waals surface area (Å²) in [6, 6.07) is 14.9. The summed E-state index contributed by atoms with van der Waals surface area (Å²) in [7, 11) is 0. The zero-order valence-electron chi connectivity index (χ0n) is 15.6. The molecule has 146 valence electrons. The van der Waals surface area contributed by atoms with Crippen LogP contribution in [0.1, 0.15) is 24.4 Å². The minimum Gasteiger partial charge on any atom is -0.368 e. The number of benzene rings is 2. The summed E-state index contributed by atoms with van der Waals surface area (Å²) in [6.45, 7) is 1.55. The van der Waals surface area contributed by atoms with E-state index in [1.54, 1.807) is 25.1 Å². The maximum Gasteiger partial charge on any atom is 0.263 e. The van der Waals surface area contributed by atoms with Crippen LogP contribution < -0.4 is 11.3 Å². The SMILES string of the molecule is CC(C(N)=O)n1c(Cc2ccccc2F)nc2scc(-c3ccccc3)c2c1=O. The average molecular weight is 407 g/mol. The minimum atomic E-state index is -0.912. The summed E-state index contributed by atoms with van der Waals surface area (Å²) in [4.78, 5) is 30.5. The fraction of sp³-hybridized carbons (Fsp3) is 0.136. The maximum atomic E-state index is 14.2. The van der Waals surface area contributed by atoms with Gasteiger partial charge < -0.3 is 5.73 Å². The first-order valence-corrected chi connectivity index (χ1v) is 9.96. The van der Waals surface area contributed by atoms with E-state index in [1.165, 1.54) is 22.0 Å². The average Bonchev–Trinajstić information content (AvgIpc) is 3.14. The number of aromatic nitrogens is 2. The number of hydrogen-bond acceptors (Lipinski definition) is 4. The molecule has 4 aromatic rings. The van der Waals surface area contributed by atoms with Crippen LogP contribution in [0.5, 0.6) is 0 Å². The van der Waals surface area contributed by atoms with Crippen LogP contribution in [0.15, 0.2) is 64.8 Å². The van der Waals surface area contributed by atoms with E-state index in [0.29, 0.717) is 21.6 Å². The van der Waals surface area contributed by atoms with Crippen molar-refractivity contribution in [1.82, 2.24) is 9.55 Å². The maximum absolute atomic E-state index is 14.2. The first-order valence-electron chi connectivity index (χ1n) is 9.08. The highest BCUT2D eigenvalue weighted by Gasteiger charge is 2.23. The van der Waals surface area contributed by atoms with Crippen LogP contribution in [-0.4, -0.2) is 15.5 Å². The lowest BCUT2D eigenvalue weighted by molar-refractivity contribution is -0.120. The number of amides is 1. The lowest BCUT2D eigenvalue weighted by Crippen LogP contribution is -2.35. The Bertz CT molecular complexity index is 1260. The molecule has 2 heterocycles. The van der Waals surface area contributed by atoms with E-state index in [0.717, 1.165) is 11.1 Å². The molecule has 2 aromatic heterocycles. The molecular formula is C22H18FN3O2S. The Morgan fingerprint density at radius 1 is 1.17 bits per heavy atom. The Hall–Kier alpha value is -3.32. The quantitative estimate of drug-likeness (QED) is 0.545. The highest BCUT2D eigenvalue weighted by Crippen LogP contribution is 2.31. The zero-order valence-corrected chi connectivity index (χ0v) is 16.4. The number of nitrogens with zero attached hydrogens (tertiary/aromatic N) is 2.